The summed E-state index contributed by atoms with van der Waals surface area (Å²) in [5, 5.41) is 2.79. The Balaban J connectivity index is 2.85. The minimum absolute atomic E-state index is 0.0625. The molecule has 0 aliphatic heterocycles. The van der Waals surface area contributed by atoms with Crippen LogP contribution in [0.5, 0.6) is 0 Å². The highest BCUT2D eigenvalue weighted by Gasteiger charge is 2.20. The van der Waals surface area contributed by atoms with E-state index in [1.54, 1.807) is 14.0 Å². The van der Waals surface area contributed by atoms with Crippen LogP contribution in [0.2, 0.25) is 0 Å². The van der Waals surface area contributed by atoms with E-state index in [4.69, 9.17) is 4.74 Å². The average molecular weight is 243 g/mol. The molecule has 0 heterocycles. The third-order valence-electron chi connectivity index (χ3n) is 2.33. The predicted octanol–water partition coefficient (Wildman–Crippen LogP) is 2.45. The quantitative estimate of drug-likeness (QED) is 0.807. The van der Waals surface area contributed by atoms with Crippen LogP contribution >= 0.6 is 0 Å². The van der Waals surface area contributed by atoms with Crippen molar-refractivity contribution in [2.75, 3.05) is 13.7 Å². The van der Waals surface area contributed by atoms with Crippen LogP contribution in [0.25, 0.3) is 0 Å². The molecule has 1 atom stereocenters. The minimum atomic E-state index is -2.50. The maximum atomic E-state index is 12.4. The van der Waals surface area contributed by atoms with Gasteiger partial charge in [-0.25, -0.2) is 13.6 Å². The molecular formula is C12H15F2NO2. The van der Waals surface area contributed by atoms with Crippen LogP contribution in [-0.4, -0.2) is 19.6 Å². The number of halogens is 2. The summed E-state index contributed by atoms with van der Waals surface area (Å²) >= 11 is 0. The van der Waals surface area contributed by atoms with Gasteiger partial charge in [-0.2, -0.15) is 0 Å². The predicted molar refractivity (Wildman–Crippen MR) is 59.8 cm³/mol. The molecule has 0 aromatic heterocycles. The van der Waals surface area contributed by atoms with Gasteiger partial charge in [0.2, 0.25) is 0 Å². The van der Waals surface area contributed by atoms with Crippen LogP contribution in [0.1, 0.15) is 30.5 Å². The van der Waals surface area contributed by atoms with Crippen LogP contribution in [0.3, 0.4) is 0 Å². The van der Waals surface area contributed by atoms with Gasteiger partial charge in [0.05, 0.1) is 6.61 Å². The molecule has 0 bridgehead atoms. The van der Waals surface area contributed by atoms with Gasteiger partial charge in [0, 0.05) is 5.56 Å². The highest BCUT2D eigenvalue weighted by Crippen LogP contribution is 2.21. The highest BCUT2D eigenvalue weighted by atomic mass is 19.3. The Hall–Kier alpha value is -1.49. The first kappa shape index (κ1) is 13.6. The number of benzene rings is 1. The first-order valence-corrected chi connectivity index (χ1v) is 5.32. The molecule has 5 heteroatoms. The van der Waals surface area contributed by atoms with Crippen molar-refractivity contribution in [1.82, 2.24) is 5.32 Å². The topological polar surface area (TPSA) is 38.3 Å². The van der Waals surface area contributed by atoms with Crippen molar-refractivity contribution >= 4 is 5.97 Å². The summed E-state index contributed by atoms with van der Waals surface area (Å²) in [6.07, 6.45) is -2.50. The van der Waals surface area contributed by atoms with E-state index in [9.17, 15) is 13.6 Å². The van der Waals surface area contributed by atoms with Gasteiger partial charge in [-0.1, -0.05) is 24.3 Å². The summed E-state index contributed by atoms with van der Waals surface area (Å²) in [6.45, 7) is 2.00. The number of esters is 1. The zero-order valence-electron chi connectivity index (χ0n) is 9.74. The molecule has 0 amide bonds. The normalized spacial score (nSPS) is 12.5. The molecule has 3 nitrogen and oxygen atoms in total. The zero-order chi connectivity index (χ0) is 12.8. The van der Waals surface area contributed by atoms with Crippen molar-refractivity contribution in [2.24, 2.45) is 0 Å². The molecule has 1 unspecified atom stereocenters. The van der Waals surface area contributed by atoms with E-state index in [1.165, 1.54) is 24.3 Å². The van der Waals surface area contributed by atoms with E-state index in [1.807, 2.05) is 0 Å². The van der Waals surface area contributed by atoms with Gasteiger partial charge < -0.3 is 10.1 Å². The molecule has 0 saturated heterocycles. The second-order valence-corrected chi connectivity index (χ2v) is 3.44. The SMILES string of the molecule is CCOC(=O)C(NC)c1ccc(C(F)F)cc1. The number of nitrogens with one attached hydrogen (secondary N) is 1. The Morgan fingerprint density at radius 2 is 1.82 bits per heavy atom. The lowest BCUT2D eigenvalue weighted by molar-refractivity contribution is -0.145. The van der Waals surface area contributed by atoms with E-state index in [2.05, 4.69) is 5.32 Å². The lowest BCUT2D eigenvalue weighted by Gasteiger charge is -2.15. The summed E-state index contributed by atoms with van der Waals surface area (Å²) in [6, 6.07) is 4.99. The number of rotatable bonds is 5. The molecule has 17 heavy (non-hydrogen) atoms. The standard InChI is InChI=1S/C12H15F2NO2/c1-3-17-12(16)10(15-2)8-4-6-9(7-5-8)11(13)14/h4-7,10-11,15H,3H2,1-2H3. The van der Waals surface area contributed by atoms with Crippen molar-refractivity contribution < 1.29 is 18.3 Å². The van der Waals surface area contributed by atoms with Crippen molar-refractivity contribution in [1.29, 1.82) is 0 Å². The number of carbonyl (C=O) groups is 1. The second kappa shape index (κ2) is 6.30. The largest absolute Gasteiger partial charge is 0.465 e. The Kier molecular flexibility index (Phi) is 5.03. The Morgan fingerprint density at radius 1 is 1.29 bits per heavy atom. The van der Waals surface area contributed by atoms with Gasteiger partial charge in [-0.3, -0.25) is 0 Å². The number of alkyl halides is 2. The summed E-state index contributed by atoms with van der Waals surface area (Å²) in [7, 11) is 1.61. The van der Waals surface area contributed by atoms with Crippen molar-refractivity contribution in [3.05, 3.63) is 35.4 Å². The fourth-order valence-electron chi connectivity index (χ4n) is 1.48. The first-order chi connectivity index (χ1) is 8.10. The van der Waals surface area contributed by atoms with E-state index >= 15 is 0 Å². The molecule has 94 valence electrons. The maximum absolute atomic E-state index is 12.4. The average Bonchev–Trinajstić information content (AvgIpc) is 2.31. The molecule has 0 fully saturated rings. The van der Waals surface area contributed by atoms with E-state index in [0.717, 1.165) is 0 Å². The number of ether oxygens (including phenoxy) is 1. The summed E-state index contributed by atoms with van der Waals surface area (Å²) in [4.78, 5) is 11.6. The van der Waals surface area contributed by atoms with E-state index in [-0.39, 0.29) is 12.2 Å². The molecule has 0 saturated carbocycles. The van der Waals surface area contributed by atoms with Crippen LogP contribution in [0, 0.1) is 0 Å². The Labute approximate surface area is 98.8 Å². The fraction of sp³-hybridized carbons (Fsp3) is 0.417. The highest BCUT2D eigenvalue weighted by molar-refractivity contribution is 5.77. The van der Waals surface area contributed by atoms with E-state index < -0.39 is 18.4 Å². The molecule has 0 radical (unpaired) electrons. The number of likely N-dealkylation sites (N-methyl/N-ethyl adjacent to an activating group) is 1. The Bertz CT molecular complexity index is 365. The van der Waals surface area contributed by atoms with E-state index in [0.29, 0.717) is 5.56 Å². The number of carbonyl (C=O) groups excluding carboxylic acids is 1. The fourth-order valence-corrected chi connectivity index (χ4v) is 1.48. The molecule has 1 aromatic carbocycles. The van der Waals surface area contributed by atoms with Gasteiger partial charge in [0.1, 0.15) is 6.04 Å². The Morgan fingerprint density at radius 3 is 2.24 bits per heavy atom. The van der Waals surface area contributed by atoms with Crippen molar-refractivity contribution in [2.45, 2.75) is 19.4 Å². The van der Waals surface area contributed by atoms with Crippen molar-refractivity contribution in [3.63, 3.8) is 0 Å². The first-order valence-electron chi connectivity index (χ1n) is 5.32. The van der Waals surface area contributed by atoms with Crippen molar-refractivity contribution in [3.8, 4) is 0 Å². The van der Waals surface area contributed by atoms with Crippen LogP contribution in [0.4, 0.5) is 8.78 Å². The summed E-state index contributed by atoms with van der Waals surface area (Å²) in [5.41, 5.74) is 0.544. The van der Waals surface area contributed by atoms with Gasteiger partial charge in [0.25, 0.3) is 6.43 Å². The molecular weight excluding hydrogens is 228 g/mol. The molecule has 1 rings (SSSR count). The molecule has 0 spiro atoms. The lowest BCUT2D eigenvalue weighted by atomic mass is 10.1. The van der Waals surface area contributed by atoms with Gasteiger partial charge in [-0.15, -0.1) is 0 Å². The smallest absolute Gasteiger partial charge is 0.327 e. The third-order valence-corrected chi connectivity index (χ3v) is 2.33. The maximum Gasteiger partial charge on any atom is 0.327 e. The minimum Gasteiger partial charge on any atom is -0.465 e. The van der Waals surface area contributed by atoms with Gasteiger partial charge in [-0.05, 0) is 19.5 Å². The van der Waals surface area contributed by atoms with Crippen LogP contribution < -0.4 is 5.32 Å². The second-order valence-electron chi connectivity index (χ2n) is 3.44. The number of hydrogen-bond donors (Lipinski definition) is 1. The van der Waals surface area contributed by atoms with Crippen LogP contribution in [0.15, 0.2) is 24.3 Å². The number of hydrogen-bond acceptors (Lipinski definition) is 3. The third kappa shape index (κ3) is 3.49. The summed E-state index contributed by atoms with van der Waals surface area (Å²) < 4.78 is 29.6. The molecule has 0 aliphatic carbocycles. The zero-order valence-corrected chi connectivity index (χ0v) is 9.74. The molecule has 1 N–H and O–H groups in total. The van der Waals surface area contributed by atoms with Gasteiger partial charge >= 0.3 is 5.97 Å². The van der Waals surface area contributed by atoms with Crippen LogP contribution in [-0.2, 0) is 9.53 Å². The summed E-state index contributed by atoms with van der Waals surface area (Å²) in [5.74, 6) is -0.417. The van der Waals surface area contributed by atoms with Gasteiger partial charge in [0.15, 0.2) is 0 Å². The molecule has 0 aliphatic rings. The monoisotopic (exact) mass is 243 g/mol. The molecule has 1 aromatic rings. The lowest BCUT2D eigenvalue weighted by Crippen LogP contribution is -2.27.